The number of fused-ring (bicyclic) bond motifs is 2. The molecule has 3 amide bonds. The number of phenols is 1. The monoisotopic (exact) mass is 375 g/mol. The summed E-state index contributed by atoms with van der Waals surface area (Å²) in [5.41, 5.74) is 4.01. The van der Waals surface area contributed by atoms with Crippen molar-refractivity contribution in [1.82, 2.24) is 15.5 Å². The number of nitrogens with one attached hydrogen (secondary N) is 2. The van der Waals surface area contributed by atoms with Crippen LogP contribution in [0.25, 0.3) is 5.70 Å². The van der Waals surface area contributed by atoms with Crippen molar-refractivity contribution in [3.8, 4) is 5.75 Å². The molecule has 0 fully saturated rings. The third-order valence-corrected chi connectivity index (χ3v) is 5.07. The minimum atomic E-state index is -0.596. The highest BCUT2D eigenvalue weighted by Gasteiger charge is 2.34. The van der Waals surface area contributed by atoms with Gasteiger partial charge in [0.25, 0.3) is 0 Å². The Morgan fingerprint density at radius 3 is 2.75 bits per heavy atom. The number of hydrogen-bond acceptors (Lipinski definition) is 4. The van der Waals surface area contributed by atoms with E-state index in [-0.39, 0.29) is 23.8 Å². The predicted octanol–water partition coefficient (Wildman–Crippen LogP) is 0.286. The maximum absolute atomic E-state index is 12.4. The van der Waals surface area contributed by atoms with E-state index in [9.17, 15) is 19.8 Å². The van der Waals surface area contributed by atoms with Gasteiger partial charge in [-0.2, -0.15) is 0 Å². The number of aromatic hydroxyl groups is 1. The van der Waals surface area contributed by atoms with Gasteiger partial charge in [0.15, 0.2) is 0 Å². The van der Waals surface area contributed by atoms with Gasteiger partial charge in [-0.1, -0.05) is 41.9 Å². The maximum atomic E-state index is 12.4. The number of amides is 3. The van der Waals surface area contributed by atoms with Crippen LogP contribution in [0.15, 0.2) is 48.0 Å². The quantitative estimate of drug-likeness (QED) is 0.567. The molecule has 0 spiro atoms. The Kier molecular flexibility index (Phi) is 4.56. The van der Waals surface area contributed by atoms with Gasteiger partial charge in [0.1, 0.15) is 20.2 Å². The zero-order chi connectivity index (χ0) is 19.8. The lowest BCUT2D eigenvalue weighted by molar-refractivity contribution is -0.134. The number of benzene rings is 2. The van der Waals surface area contributed by atoms with E-state index in [0.717, 1.165) is 16.7 Å². The third kappa shape index (κ3) is 3.12. The van der Waals surface area contributed by atoms with E-state index in [1.165, 1.54) is 6.07 Å². The minimum absolute atomic E-state index is 0.0403. The summed E-state index contributed by atoms with van der Waals surface area (Å²) in [6.07, 6.45) is 0. The highest BCUT2D eigenvalue weighted by Crippen LogP contribution is 2.35. The molecule has 4 rings (SSSR count). The van der Waals surface area contributed by atoms with E-state index in [2.05, 4.69) is 10.6 Å². The second kappa shape index (κ2) is 7.05. The van der Waals surface area contributed by atoms with E-state index < -0.39 is 18.6 Å². The van der Waals surface area contributed by atoms with Crippen LogP contribution in [-0.2, 0) is 11.3 Å². The number of nitrogens with zero attached hydrogens (tertiary/aromatic N) is 1. The van der Waals surface area contributed by atoms with Crippen LogP contribution >= 0.6 is 0 Å². The first-order valence-corrected chi connectivity index (χ1v) is 8.83. The van der Waals surface area contributed by atoms with E-state index in [1.807, 2.05) is 24.3 Å². The zero-order valence-corrected chi connectivity index (χ0v) is 15.0. The van der Waals surface area contributed by atoms with Crippen LogP contribution in [0.5, 0.6) is 5.75 Å². The van der Waals surface area contributed by atoms with Gasteiger partial charge >= 0.3 is 6.03 Å². The first-order chi connectivity index (χ1) is 13.5. The number of rotatable bonds is 2. The lowest BCUT2D eigenvalue weighted by Crippen LogP contribution is -2.45. The number of aliphatic hydroxyl groups excluding tert-OH is 1. The molecular weight excluding hydrogens is 357 g/mol. The van der Waals surface area contributed by atoms with Crippen molar-refractivity contribution in [3.63, 3.8) is 0 Å². The molecule has 0 bridgehead atoms. The molecular formula is C20H18BN3O4. The number of hydrogen-bond donors (Lipinski definition) is 4. The summed E-state index contributed by atoms with van der Waals surface area (Å²) in [5, 5.41) is 24.8. The van der Waals surface area contributed by atoms with E-state index in [0.29, 0.717) is 17.8 Å². The first kappa shape index (κ1) is 18.1. The second-order valence-corrected chi connectivity index (χ2v) is 6.82. The molecule has 2 heterocycles. The van der Waals surface area contributed by atoms with Gasteiger partial charge in [0.05, 0.1) is 11.7 Å². The topological polar surface area (TPSA) is 102 Å². The fourth-order valence-corrected chi connectivity index (χ4v) is 3.69. The zero-order valence-electron chi connectivity index (χ0n) is 15.0. The van der Waals surface area contributed by atoms with Crippen molar-refractivity contribution in [1.29, 1.82) is 0 Å². The van der Waals surface area contributed by atoms with Gasteiger partial charge in [-0.15, -0.1) is 0 Å². The summed E-state index contributed by atoms with van der Waals surface area (Å²) < 4.78 is 0. The van der Waals surface area contributed by atoms with Crippen LogP contribution in [0.2, 0.25) is 0 Å². The molecule has 4 N–H and O–H groups in total. The smallest absolute Gasteiger partial charge is 0.320 e. The number of carbonyl (C=O) groups excluding carboxylic acids is 2. The molecule has 28 heavy (non-hydrogen) atoms. The number of phenolic OH excluding ortho intramolecular Hbond substituents is 1. The summed E-state index contributed by atoms with van der Waals surface area (Å²) in [7, 11) is 5.84. The number of carbonyl (C=O) groups is 2. The van der Waals surface area contributed by atoms with Gasteiger partial charge in [0.2, 0.25) is 5.91 Å². The summed E-state index contributed by atoms with van der Waals surface area (Å²) >= 11 is 0. The lowest BCUT2D eigenvalue weighted by Gasteiger charge is -2.32. The van der Waals surface area contributed by atoms with Crippen LogP contribution in [0.1, 0.15) is 22.7 Å². The molecule has 0 aliphatic carbocycles. The Hall–Kier alpha value is -3.26. The Morgan fingerprint density at radius 1 is 1.21 bits per heavy atom. The van der Waals surface area contributed by atoms with Crippen molar-refractivity contribution in [2.45, 2.75) is 12.6 Å². The summed E-state index contributed by atoms with van der Waals surface area (Å²) in [5.74, 6) is -0.439. The van der Waals surface area contributed by atoms with Crippen molar-refractivity contribution in [2.75, 3.05) is 13.2 Å². The Morgan fingerprint density at radius 2 is 2.00 bits per heavy atom. The third-order valence-electron chi connectivity index (χ3n) is 5.07. The molecule has 0 saturated carbocycles. The number of urea groups is 1. The van der Waals surface area contributed by atoms with E-state index in [4.69, 9.17) is 7.85 Å². The molecule has 1 unspecified atom stereocenters. The van der Waals surface area contributed by atoms with Crippen LogP contribution in [0.4, 0.5) is 4.79 Å². The second-order valence-electron chi connectivity index (χ2n) is 6.82. The summed E-state index contributed by atoms with van der Waals surface area (Å²) in [6.45, 7) is -0.0492. The van der Waals surface area contributed by atoms with Gasteiger partial charge in [-0.25, -0.2) is 4.79 Å². The summed E-state index contributed by atoms with van der Waals surface area (Å²) in [6, 6.07) is 11.4. The van der Waals surface area contributed by atoms with E-state index >= 15 is 0 Å². The average molecular weight is 375 g/mol. The molecule has 0 aromatic heterocycles. The van der Waals surface area contributed by atoms with Crippen molar-refractivity contribution >= 4 is 30.9 Å². The predicted molar refractivity (Wildman–Crippen MR) is 104 cm³/mol. The molecule has 7 nitrogen and oxygen atoms in total. The highest BCUT2D eigenvalue weighted by atomic mass is 16.3. The molecule has 2 aliphatic heterocycles. The van der Waals surface area contributed by atoms with Crippen LogP contribution in [0.3, 0.4) is 0 Å². The van der Waals surface area contributed by atoms with Gasteiger partial charge in [-0.05, 0) is 17.2 Å². The molecule has 2 radical (unpaired) electrons. The average Bonchev–Trinajstić information content (AvgIpc) is 2.86. The van der Waals surface area contributed by atoms with Gasteiger partial charge < -0.3 is 25.7 Å². The lowest BCUT2D eigenvalue weighted by atomic mass is 9.87. The fourth-order valence-electron chi connectivity index (χ4n) is 3.69. The maximum Gasteiger partial charge on any atom is 0.320 e. The molecule has 0 saturated heterocycles. The largest absolute Gasteiger partial charge is 0.509 e. The molecule has 2 aromatic carbocycles. The molecule has 8 heteroatoms. The standard InChI is InChI=1S/C20H18BN3O4/c21-15-7-11(5-6-16(15)26)18-14-9-24(17(27)10-25)8-12-3-1-2-4-13(12)19(14)23-20(28)22-18/h1-7,18,25-26H,8-10H2,(H2,22,23,28). The highest BCUT2D eigenvalue weighted by molar-refractivity contribution is 6.34. The SMILES string of the molecule is [B]c1cc(C2NC(=O)NC3=C2CN(C(=O)CO)Cc2ccccc23)ccc1O. The van der Waals surface area contributed by atoms with Crippen molar-refractivity contribution in [3.05, 3.63) is 64.7 Å². The Balaban J connectivity index is 1.89. The Bertz CT molecular complexity index is 1000. The normalized spacial score (nSPS) is 18.5. The van der Waals surface area contributed by atoms with E-state index in [1.54, 1.807) is 17.0 Å². The van der Waals surface area contributed by atoms with Crippen molar-refractivity contribution < 1.29 is 19.8 Å². The minimum Gasteiger partial charge on any atom is -0.509 e. The number of aliphatic hydroxyl groups is 1. The van der Waals surface area contributed by atoms with Gasteiger partial charge in [-0.3, -0.25) is 4.79 Å². The van der Waals surface area contributed by atoms with Crippen molar-refractivity contribution in [2.24, 2.45) is 0 Å². The van der Waals surface area contributed by atoms with Crippen LogP contribution < -0.4 is 16.1 Å². The first-order valence-electron chi connectivity index (χ1n) is 8.83. The Labute approximate surface area is 163 Å². The molecule has 2 aliphatic rings. The molecule has 1 atom stereocenters. The van der Waals surface area contributed by atoms with Gasteiger partial charge in [0, 0.05) is 24.2 Å². The fraction of sp³-hybridized carbons (Fsp3) is 0.200. The molecule has 2 aromatic rings. The molecule has 140 valence electrons. The summed E-state index contributed by atoms with van der Waals surface area (Å²) in [4.78, 5) is 26.2. The van der Waals surface area contributed by atoms with Crippen LogP contribution in [0, 0.1) is 0 Å². The van der Waals surface area contributed by atoms with Crippen LogP contribution in [-0.4, -0.2) is 48.0 Å².